The molecule has 2 nitrogen and oxygen atoms in total. The molecule has 0 heterocycles. The highest BCUT2D eigenvalue weighted by molar-refractivity contribution is 5.78. The largest absolute Gasteiger partial charge is 0.300 e. The number of hydrogen-bond acceptors (Lipinski definition) is 2. The van der Waals surface area contributed by atoms with Crippen molar-refractivity contribution >= 4 is 11.6 Å². The monoisotopic (exact) mass is 452 g/mol. The molecule has 0 bridgehead atoms. The smallest absolute Gasteiger partial charge is 0.132 e. The summed E-state index contributed by atoms with van der Waals surface area (Å²) in [6.45, 7) is 8.89. The number of hydrogen-bond donors (Lipinski definition) is 0. The summed E-state index contributed by atoms with van der Waals surface area (Å²) in [7, 11) is 0. The van der Waals surface area contributed by atoms with E-state index in [1.54, 1.807) is 0 Å². The van der Waals surface area contributed by atoms with E-state index in [2.05, 4.69) is 27.7 Å². The molecule has 0 spiro atoms. The maximum atomic E-state index is 11.5. The lowest BCUT2D eigenvalue weighted by Crippen LogP contribution is -1.97. The molecule has 192 valence electrons. The highest BCUT2D eigenvalue weighted by Gasteiger charge is 2.02. The van der Waals surface area contributed by atoms with Crippen molar-refractivity contribution in [3.63, 3.8) is 0 Å². The van der Waals surface area contributed by atoms with Gasteiger partial charge in [-0.05, 0) is 25.7 Å². The minimum absolute atomic E-state index is 0.494. The van der Waals surface area contributed by atoms with Crippen LogP contribution in [0.15, 0.2) is 0 Å². The van der Waals surface area contributed by atoms with E-state index in [-0.39, 0.29) is 0 Å². The van der Waals surface area contributed by atoms with Gasteiger partial charge in [-0.3, -0.25) is 9.59 Å². The Morgan fingerprint density at radius 2 is 0.500 bits per heavy atom. The normalized spacial score (nSPS) is 10.6. The summed E-state index contributed by atoms with van der Waals surface area (Å²) in [6.07, 6.45) is 28.4. The average molecular weight is 453 g/mol. The Bertz CT molecular complexity index is 307. The zero-order valence-electron chi connectivity index (χ0n) is 22.8. The van der Waals surface area contributed by atoms with Crippen molar-refractivity contribution in [1.82, 2.24) is 0 Å². The van der Waals surface area contributed by atoms with Crippen LogP contribution in [0.4, 0.5) is 0 Å². The quantitative estimate of drug-likeness (QED) is 0.136. The van der Waals surface area contributed by atoms with Crippen LogP contribution in [0.3, 0.4) is 0 Å². The van der Waals surface area contributed by atoms with E-state index in [1.165, 1.54) is 103 Å². The first-order chi connectivity index (χ1) is 15.6. The minimum atomic E-state index is 0.494. The molecule has 0 fully saturated rings. The van der Waals surface area contributed by atoms with Gasteiger partial charge in [-0.15, -0.1) is 0 Å². The van der Waals surface area contributed by atoms with Crippen LogP contribution >= 0.6 is 0 Å². The molecule has 2 heteroatoms. The number of carbonyl (C=O) groups is 2. The van der Waals surface area contributed by atoms with Gasteiger partial charge in [-0.2, -0.15) is 0 Å². The van der Waals surface area contributed by atoms with Gasteiger partial charge in [0.2, 0.25) is 0 Å². The number of unbranched alkanes of at least 4 members (excludes halogenated alkanes) is 16. The first kappa shape index (κ1) is 33.5. The Hall–Kier alpha value is -0.660. The molecule has 0 saturated carbocycles. The summed E-state index contributed by atoms with van der Waals surface area (Å²) in [4.78, 5) is 23.0. The van der Waals surface area contributed by atoms with E-state index in [1.807, 2.05) is 0 Å². The Morgan fingerprint density at radius 3 is 0.688 bits per heavy atom. The predicted octanol–water partition coefficient (Wildman–Crippen LogP) is 10.6. The summed E-state index contributed by atoms with van der Waals surface area (Å²) in [5, 5.41) is 0. The van der Waals surface area contributed by atoms with E-state index in [9.17, 15) is 9.59 Å². The third kappa shape index (κ3) is 31.5. The molecular weight excluding hydrogens is 392 g/mol. The lowest BCUT2D eigenvalue weighted by molar-refractivity contribution is -0.120. The number of Topliss-reactive ketones (excluding diaryl/α,β-unsaturated/α-hetero) is 2. The van der Waals surface area contributed by atoms with E-state index in [0.717, 1.165) is 51.4 Å². The van der Waals surface area contributed by atoms with E-state index in [4.69, 9.17) is 0 Å². The van der Waals surface area contributed by atoms with Crippen LogP contribution in [-0.2, 0) is 9.59 Å². The Balaban J connectivity index is 0. The molecule has 0 unspecified atom stereocenters. The topological polar surface area (TPSA) is 34.1 Å². The fourth-order valence-electron chi connectivity index (χ4n) is 3.95. The number of carbonyl (C=O) groups excluding carboxylic acids is 2. The summed E-state index contributed by atoms with van der Waals surface area (Å²) >= 11 is 0. The second kappa shape index (κ2) is 30.3. The van der Waals surface area contributed by atoms with Gasteiger partial charge in [0.15, 0.2) is 0 Å². The average Bonchev–Trinajstić information content (AvgIpc) is 2.79. The Kier molecular flexibility index (Phi) is 31.8. The van der Waals surface area contributed by atoms with Gasteiger partial charge in [0.1, 0.15) is 11.6 Å². The summed E-state index contributed by atoms with van der Waals surface area (Å²) in [5.41, 5.74) is 0. The van der Waals surface area contributed by atoms with Crippen LogP contribution in [0.25, 0.3) is 0 Å². The van der Waals surface area contributed by atoms with Crippen molar-refractivity contribution in [3.8, 4) is 0 Å². The lowest BCUT2D eigenvalue weighted by Gasteiger charge is -2.01. The third-order valence-electron chi connectivity index (χ3n) is 6.24. The van der Waals surface area contributed by atoms with Crippen molar-refractivity contribution in [3.05, 3.63) is 0 Å². The molecule has 0 aliphatic rings. The molecule has 0 aromatic carbocycles. The molecule has 32 heavy (non-hydrogen) atoms. The van der Waals surface area contributed by atoms with Gasteiger partial charge in [0.25, 0.3) is 0 Å². The lowest BCUT2D eigenvalue weighted by atomic mass is 10.0. The fraction of sp³-hybridized carbons (Fsp3) is 0.933. The Labute approximate surface area is 203 Å². The zero-order chi connectivity index (χ0) is 24.1. The van der Waals surface area contributed by atoms with Gasteiger partial charge in [0.05, 0.1) is 0 Å². The molecule has 0 atom stereocenters. The van der Waals surface area contributed by atoms with Gasteiger partial charge >= 0.3 is 0 Å². The highest BCUT2D eigenvalue weighted by Crippen LogP contribution is 2.11. The molecule has 0 N–H and O–H groups in total. The standard InChI is InChI=1S/2C15H30O/c2*1-3-5-7-9-11-13-15(16)14-12-10-8-6-4-2/h2*3-14H2,1-2H3. The zero-order valence-corrected chi connectivity index (χ0v) is 22.8. The first-order valence-corrected chi connectivity index (χ1v) is 14.7. The number of rotatable bonds is 24. The van der Waals surface area contributed by atoms with Crippen LogP contribution in [0.5, 0.6) is 0 Å². The van der Waals surface area contributed by atoms with E-state index >= 15 is 0 Å². The molecule has 0 aromatic heterocycles. The molecule has 0 saturated heterocycles. The molecule has 0 amide bonds. The van der Waals surface area contributed by atoms with E-state index in [0.29, 0.717) is 11.6 Å². The van der Waals surface area contributed by atoms with Crippen LogP contribution < -0.4 is 0 Å². The predicted molar refractivity (Wildman–Crippen MR) is 144 cm³/mol. The van der Waals surface area contributed by atoms with Gasteiger partial charge in [-0.1, -0.05) is 130 Å². The molecule has 0 rings (SSSR count). The fourth-order valence-corrected chi connectivity index (χ4v) is 3.95. The van der Waals surface area contributed by atoms with Crippen molar-refractivity contribution in [2.24, 2.45) is 0 Å². The van der Waals surface area contributed by atoms with Crippen LogP contribution in [-0.4, -0.2) is 11.6 Å². The molecule has 0 aliphatic heterocycles. The van der Waals surface area contributed by atoms with Crippen molar-refractivity contribution in [1.29, 1.82) is 0 Å². The van der Waals surface area contributed by atoms with Gasteiger partial charge < -0.3 is 0 Å². The molecule has 0 aliphatic carbocycles. The summed E-state index contributed by atoms with van der Waals surface area (Å²) in [6, 6.07) is 0. The summed E-state index contributed by atoms with van der Waals surface area (Å²) in [5.74, 6) is 0.987. The van der Waals surface area contributed by atoms with Crippen molar-refractivity contribution < 1.29 is 9.59 Å². The van der Waals surface area contributed by atoms with Crippen molar-refractivity contribution in [2.45, 2.75) is 182 Å². The maximum Gasteiger partial charge on any atom is 0.132 e. The number of ketones is 2. The van der Waals surface area contributed by atoms with Crippen molar-refractivity contribution in [2.75, 3.05) is 0 Å². The minimum Gasteiger partial charge on any atom is -0.300 e. The van der Waals surface area contributed by atoms with Gasteiger partial charge in [0, 0.05) is 25.7 Å². The Morgan fingerprint density at radius 1 is 0.312 bits per heavy atom. The third-order valence-corrected chi connectivity index (χ3v) is 6.24. The van der Waals surface area contributed by atoms with Gasteiger partial charge in [-0.25, -0.2) is 0 Å². The summed E-state index contributed by atoms with van der Waals surface area (Å²) < 4.78 is 0. The SMILES string of the molecule is CCCCCCCC(=O)CCCCCCC.CCCCCCCC(=O)CCCCCCC. The van der Waals surface area contributed by atoms with Crippen LogP contribution in [0.1, 0.15) is 182 Å². The second-order valence-electron chi connectivity index (χ2n) is 9.73. The molecule has 0 aromatic rings. The highest BCUT2D eigenvalue weighted by atomic mass is 16.1. The molecule has 0 radical (unpaired) electrons. The maximum absolute atomic E-state index is 11.5. The van der Waals surface area contributed by atoms with E-state index < -0.39 is 0 Å². The molecular formula is C30H60O2. The second-order valence-corrected chi connectivity index (χ2v) is 9.73. The van der Waals surface area contributed by atoms with Crippen LogP contribution in [0.2, 0.25) is 0 Å². The first-order valence-electron chi connectivity index (χ1n) is 14.7. The van der Waals surface area contributed by atoms with Crippen LogP contribution in [0, 0.1) is 0 Å².